The van der Waals surface area contributed by atoms with Crippen LogP contribution in [0.3, 0.4) is 0 Å². The fourth-order valence-corrected chi connectivity index (χ4v) is 2.33. The van der Waals surface area contributed by atoms with Crippen LogP contribution in [0.2, 0.25) is 0 Å². The van der Waals surface area contributed by atoms with Gasteiger partial charge in [-0.15, -0.1) is 11.3 Å². The average Bonchev–Trinajstić information content (AvgIpc) is 2.74. The van der Waals surface area contributed by atoms with Gasteiger partial charge in [0, 0.05) is 11.8 Å². The zero-order chi connectivity index (χ0) is 8.39. The van der Waals surface area contributed by atoms with E-state index in [1.807, 2.05) is 11.3 Å². The Morgan fingerprint density at radius 3 is 3.08 bits per heavy atom. The van der Waals surface area contributed by atoms with Crippen LogP contribution in [0.1, 0.15) is 36.9 Å². The monoisotopic (exact) mass is 181 g/mol. The van der Waals surface area contributed by atoms with Gasteiger partial charge in [0.25, 0.3) is 0 Å². The third-order valence-corrected chi connectivity index (χ3v) is 3.19. The summed E-state index contributed by atoms with van der Waals surface area (Å²) in [6, 6.07) is 0. The highest BCUT2D eigenvalue weighted by Gasteiger charge is 2.22. The summed E-state index contributed by atoms with van der Waals surface area (Å²) in [5, 5.41) is 3.59. The second kappa shape index (κ2) is 3.56. The van der Waals surface area contributed by atoms with Crippen LogP contribution in [-0.2, 0) is 12.8 Å². The zero-order valence-corrected chi connectivity index (χ0v) is 8.36. The van der Waals surface area contributed by atoms with Gasteiger partial charge < -0.3 is 0 Å². The van der Waals surface area contributed by atoms with E-state index in [1.165, 1.54) is 36.4 Å². The summed E-state index contributed by atoms with van der Waals surface area (Å²) < 4.78 is 0. The van der Waals surface area contributed by atoms with Crippen molar-refractivity contribution in [3.63, 3.8) is 0 Å². The van der Waals surface area contributed by atoms with E-state index >= 15 is 0 Å². The molecule has 1 aromatic rings. The Morgan fingerprint density at radius 2 is 2.42 bits per heavy atom. The minimum Gasteiger partial charge on any atom is -0.246 e. The van der Waals surface area contributed by atoms with Crippen molar-refractivity contribution in [1.82, 2.24) is 4.98 Å². The third-order valence-electron chi connectivity index (χ3n) is 2.27. The molecule has 1 heterocycles. The minimum absolute atomic E-state index is 0.977. The van der Waals surface area contributed by atoms with Crippen LogP contribution < -0.4 is 0 Å². The average molecular weight is 181 g/mol. The standard InChI is InChI=1S/C10H15NS/c1-2-3-9-7-12-10(11-9)6-8-4-5-8/h7-8H,2-6H2,1H3. The minimum atomic E-state index is 0.977. The van der Waals surface area contributed by atoms with Crippen LogP contribution in [0, 0.1) is 5.92 Å². The highest BCUT2D eigenvalue weighted by Crippen LogP contribution is 2.33. The SMILES string of the molecule is CCCc1csc(CC2CC2)n1. The lowest BCUT2D eigenvalue weighted by Crippen LogP contribution is -1.87. The Labute approximate surface area is 77.8 Å². The number of hydrogen-bond acceptors (Lipinski definition) is 2. The van der Waals surface area contributed by atoms with Crippen LogP contribution in [0.25, 0.3) is 0 Å². The van der Waals surface area contributed by atoms with Gasteiger partial charge in [-0.05, 0) is 25.2 Å². The Kier molecular flexibility index (Phi) is 2.45. The number of hydrogen-bond donors (Lipinski definition) is 0. The lowest BCUT2D eigenvalue weighted by molar-refractivity contribution is 0.808. The van der Waals surface area contributed by atoms with E-state index in [0.29, 0.717) is 0 Å². The predicted octanol–water partition coefficient (Wildman–Crippen LogP) is 3.05. The van der Waals surface area contributed by atoms with Gasteiger partial charge in [-0.2, -0.15) is 0 Å². The van der Waals surface area contributed by atoms with Gasteiger partial charge in [-0.1, -0.05) is 13.3 Å². The van der Waals surface area contributed by atoms with Crippen molar-refractivity contribution in [2.24, 2.45) is 5.92 Å². The molecule has 0 bridgehead atoms. The van der Waals surface area contributed by atoms with Crippen LogP contribution in [0.5, 0.6) is 0 Å². The second-order valence-corrected chi connectivity index (χ2v) is 4.57. The lowest BCUT2D eigenvalue weighted by atomic mass is 10.3. The molecule has 0 aliphatic heterocycles. The Hall–Kier alpha value is -0.370. The molecule has 0 atom stereocenters. The Balaban J connectivity index is 1.92. The van der Waals surface area contributed by atoms with E-state index in [-0.39, 0.29) is 0 Å². The molecule has 1 aliphatic carbocycles. The molecule has 0 N–H and O–H groups in total. The first kappa shape index (κ1) is 8.24. The van der Waals surface area contributed by atoms with Crippen molar-refractivity contribution in [2.75, 3.05) is 0 Å². The molecule has 2 rings (SSSR count). The fourth-order valence-electron chi connectivity index (χ4n) is 1.38. The van der Waals surface area contributed by atoms with E-state index in [2.05, 4.69) is 17.3 Å². The van der Waals surface area contributed by atoms with E-state index in [0.717, 1.165) is 12.3 Å². The molecular formula is C10H15NS. The maximum atomic E-state index is 4.60. The molecule has 0 saturated heterocycles. The van der Waals surface area contributed by atoms with Crippen molar-refractivity contribution in [1.29, 1.82) is 0 Å². The summed E-state index contributed by atoms with van der Waals surface area (Å²) in [5.74, 6) is 0.977. The van der Waals surface area contributed by atoms with Crippen molar-refractivity contribution >= 4 is 11.3 Å². The first-order valence-corrected chi connectivity index (χ1v) is 5.69. The molecule has 1 nitrogen and oxygen atoms in total. The second-order valence-electron chi connectivity index (χ2n) is 3.63. The topological polar surface area (TPSA) is 12.9 Å². The summed E-state index contributed by atoms with van der Waals surface area (Å²) in [6.07, 6.45) is 6.48. The summed E-state index contributed by atoms with van der Waals surface area (Å²) >= 11 is 1.85. The van der Waals surface area contributed by atoms with Gasteiger partial charge in [-0.25, -0.2) is 4.98 Å². The van der Waals surface area contributed by atoms with Gasteiger partial charge >= 0.3 is 0 Å². The summed E-state index contributed by atoms with van der Waals surface area (Å²) in [4.78, 5) is 4.60. The van der Waals surface area contributed by atoms with Crippen LogP contribution in [-0.4, -0.2) is 4.98 Å². The Bertz CT molecular complexity index is 250. The summed E-state index contributed by atoms with van der Waals surface area (Å²) in [7, 11) is 0. The predicted molar refractivity (Wildman–Crippen MR) is 52.5 cm³/mol. The maximum absolute atomic E-state index is 4.60. The first-order chi connectivity index (χ1) is 5.88. The van der Waals surface area contributed by atoms with Crippen LogP contribution >= 0.6 is 11.3 Å². The van der Waals surface area contributed by atoms with Gasteiger partial charge in [0.15, 0.2) is 0 Å². The molecule has 12 heavy (non-hydrogen) atoms. The smallest absolute Gasteiger partial charge is 0.0931 e. The largest absolute Gasteiger partial charge is 0.246 e. The number of nitrogens with zero attached hydrogens (tertiary/aromatic N) is 1. The maximum Gasteiger partial charge on any atom is 0.0931 e. The highest BCUT2D eigenvalue weighted by molar-refractivity contribution is 7.09. The van der Waals surface area contributed by atoms with Crippen molar-refractivity contribution in [2.45, 2.75) is 39.0 Å². The van der Waals surface area contributed by atoms with Gasteiger partial charge in [0.05, 0.1) is 10.7 Å². The molecule has 2 heteroatoms. The van der Waals surface area contributed by atoms with Crippen molar-refractivity contribution in [3.8, 4) is 0 Å². The van der Waals surface area contributed by atoms with Crippen molar-refractivity contribution < 1.29 is 0 Å². The fraction of sp³-hybridized carbons (Fsp3) is 0.700. The quantitative estimate of drug-likeness (QED) is 0.695. The lowest BCUT2D eigenvalue weighted by Gasteiger charge is -1.90. The number of rotatable bonds is 4. The molecule has 0 amide bonds. The van der Waals surface area contributed by atoms with E-state index in [1.54, 1.807) is 0 Å². The first-order valence-electron chi connectivity index (χ1n) is 4.81. The van der Waals surface area contributed by atoms with Crippen LogP contribution in [0.4, 0.5) is 0 Å². The van der Waals surface area contributed by atoms with Gasteiger partial charge in [0.1, 0.15) is 0 Å². The van der Waals surface area contributed by atoms with E-state index < -0.39 is 0 Å². The summed E-state index contributed by atoms with van der Waals surface area (Å²) in [6.45, 7) is 2.21. The van der Waals surface area contributed by atoms with Crippen molar-refractivity contribution in [3.05, 3.63) is 16.1 Å². The molecule has 0 spiro atoms. The normalized spacial score (nSPS) is 16.8. The number of aromatic nitrogens is 1. The molecular weight excluding hydrogens is 166 g/mol. The molecule has 1 aliphatic rings. The number of thiazole rings is 1. The molecule has 0 unspecified atom stereocenters. The van der Waals surface area contributed by atoms with Crippen LogP contribution in [0.15, 0.2) is 5.38 Å². The molecule has 66 valence electrons. The molecule has 0 aromatic carbocycles. The molecule has 0 radical (unpaired) electrons. The van der Waals surface area contributed by atoms with Gasteiger partial charge in [-0.3, -0.25) is 0 Å². The third kappa shape index (κ3) is 2.07. The van der Waals surface area contributed by atoms with Gasteiger partial charge in [0.2, 0.25) is 0 Å². The van der Waals surface area contributed by atoms with E-state index in [9.17, 15) is 0 Å². The number of aryl methyl sites for hydroxylation is 1. The zero-order valence-electron chi connectivity index (χ0n) is 7.55. The Morgan fingerprint density at radius 1 is 1.58 bits per heavy atom. The molecule has 1 fully saturated rings. The molecule has 1 aromatic heterocycles. The van der Waals surface area contributed by atoms with E-state index in [4.69, 9.17) is 0 Å². The molecule has 1 saturated carbocycles. The summed E-state index contributed by atoms with van der Waals surface area (Å²) in [5.41, 5.74) is 1.30. The highest BCUT2D eigenvalue weighted by atomic mass is 32.1.